The van der Waals surface area contributed by atoms with Gasteiger partial charge < -0.3 is 14.8 Å². The maximum atomic E-state index is 12.2. The molecular weight excluding hydrogens is 370 g/mol. The van der Waals surface area contributed by atoms with Crippen LogP contribution in [0.3, 0.4) is 0 Å². The summed E-state index contributed by atoms with van der Waals surface area (Å²) in [7, 11) is 0. The molecule has 0 radical (unpaired) electrons. The summed E-state index contributed by atoms with van der Waals surface area (Å²) in [6, 6.07) is 14.0. The average Bonchev–Trinajstić information content (AvgIpc) is 2.66. The number of ether oxygens (including phenoxy) is 2. The van der Waals surface area contributed by atoms with E-state index in [0.29, 0.717) is 17.0 Å². The fourth-order valence-corrected chi connectivity index (χ4v) is 2.51. The van der Waals surface area contributed by atoms with Crippen molar-refractivity contribution in [3.05, 3.63) is 59.7 Å². The summed E-state index contributed by atoms with van der Waals surface area (Å²) in [5.41, 5.74) is 2.26. The number of carbonyl (C=O) groups is 3. The van der Waals surface area contributed by atoms with E-state index in [1.807, 2.05) is 12.1 Å². The van der Waals surface area contributed by atoms with Crippen molar-refractivity contribution in [3.63, 3.8) is 0 Å². The minimum atomic E-state index is -0.984. The van der Waals surface area contributed by atoms with Crippen LogP contribution in [0.4, 0.5) is 5.69 Å². The van der Waals surface area contributed by atoms with Crippen LogP contribution in [0.25, 0.3) is 0 Å². The van der Waals surface area contributed by atoms with Gasteiger partial charge in [-0.3, -0.25) is 9.59 Å². The summed E-state index contributed by atoms with van der Waals surface area (Å²) in [6.07, 6.45) is -0.984. The topological polar surface area (TPSA) is 81.7 Å². The molecule has 154 valence electrons. The third kappa shape index (κ3) is 6.75. The summed E-state index contributed by atoms with van der Waals surface area (Å²) in [5.74, 6) is -0.612. The van der Waals surface area contributed by atoms with E-state index in [4.69, 9.17) is 9.47 Å². The van der Waals surface area contributed by atoms with E-state index in [0.717, 1.165) is 5.56 Å². The molecule has 1 amide bonds. The second kappa shape index (κ2) is 9.37. The molecule has 0 saturated heterocycles. The van der Waals surface area contributed by atoms with Crippen LogP contribution >= 0.6 is 0 Å². The van der Waals surface area contributed by atoms with Gasteiger partial charge in [0.25, 0.3) is 5.91 Å². The molecule has 0 heterocycles. The quantitative estimate of drug-likeness (QED) is 0.561. The van der Waals surface area contributed by atoms with Gasteiger partial charge in [-0.2, -0.15) is 0 Å². The van der Waals surface area contributed by atoms with Crippen molar-refractivity contribution in [1.29, 1.82) is 0 Å². The van der Waals surface area contributed by atoms with Crippen LogP contribution < -0.4 is 10.1 Å². The molecule has 2 aromatic carbocycles. The van der Waals surface area contributed by atoms with E-state index in [1.54, 1.807) is 36.4 Å². The van der Waals surface area contributed by atoms with Crippen molar-refractivity contribution in [3.8, 4) is 5.75 Å². The van der Waals surface area contributed by atoms with Gasteiger partial charge in [0.05, 0.1) is 0 Å². The van der Waals surface area contributed by atoms with Crippen molar-refractivity contribution in [2.24, 2.45) is 0 Å². The number of Topliss-reactive ketones (excluding diaryl/α,β-unsaturated/α-hetero) is 1. The summed E-state index contributed by atoms with van der Waals surface area (Å²) in [4.78, 5) is 35.4. The second-order valence-electron chi connectivity index (χ2n) is 7.82. The van der Waals surface area contributed by atoms with Crippen molar-refractivity contribution < 1.29 is 23.9 Å². The Kier molecular flexibility index (Phi) is 7.15. The van der Waals surface area contributed by atoms with Gasteiger partial charge in [-0.25, -0.2) is 4.79 Å². The molecule has 0 aromatic heterocycles. The number of hydrogen-bond acceptors (Lipinski definition) is 5. The van der Waals surface area contributed by atoms with Gasteiger partial charge in [0, 0.05) is 11.3 Å². The van der Waals surface area contributed by atoms with Crippen LogP contribution in [-0.2, 0) is 19.7 Å². The predicted molar refractivity (Wildman–Crippen MR) is 111 cm³/mol. The number of ketones is 1. The van der Waals surface area contributed by atoms with Gasteiger partial charge in [-0.1, -0.05) is 32.9 Å². The normalized spacial score (nSPS) is 12.0. The highest BCUT2D eigenvalue weighted by atomic mass is 16.6. The Labute approximate surface area is 171 Å². The number of esters is 1. The maximum Gasteiger partial charge on any atom is 0.344 e. The minimum Gasteiger partial charge on any atom is -0.482 e. The van der Waals surface area contributed by atoms with E-state index in [2.05, 4.69) is 26.1 Å². The van der Waals surface area contributed by atoms with Gasteiger partial charge in [0.15, 0.2) is 18.5 Å². The molecule has 1 N–H and O–H groups in total. The van der Waals surface area contributed by atoms with Crippen LogP contribution in [-0.4, -0.2) is 30.4 Å². The molecule has 0 aliphatic rings. The molecule has 0 aliphatic carbocycles. The average molecular weight is 397 g/mol. The summed E-state index contributed by atoms with van der Waals surface area (Å²) in [5, 5.41) is 2.64. The first-order valence-corrected chi connectivity index (χ1v) is 9.41. The number of carbonyl (C=O) groups excluding carboxylic acids is 3. The molecule has 29 heavy (non-hydrogen) atoms. The Morgan fingerprint density at radius 1 is 0.966 bits per heavy atom. The smallest absolute Gasteiger partial charge is 0.344 e. The number of anilines is 1. The van der Waals surface area contributed by atoms with Crippen molar-refractivity contribution in [2.45, 2.75) is 46.1 Å². The van der Waals surface area contributed by atoms with Gasteiger partial charge >= 0.3 is 5.97 Å². The Morgan fingerprint density at radius 3 is 2.07 bits per heavy atom. The van der Waals surface area contributed by atoms with Crippen LogP contribution in [0.5, 0.6) is 5.75 Å². The molecular formula is C23H27NO5. The van der Waals surface area contributed by atoms with Crippen LogP contribution in [0, 0.1) is 0 Å². The van der Waals surface area contributed by atoms with E-state index < -0.39 is 18.0 Å². The molecule has 0 saturated carbocycles. The van der Waals surface area contributed by atoms with Gasteiger partial charge in [-0.15, -0.1) is 0 Å². The third-order valence-corrected chi connectivity index (χ3v) is 4.31. The molecule has 0 aliphatic heterocycles. The molecule has 2 aromatic rings. The lowest BCUT2D eigenvalue weighted by molar-refractivity contribution is -0.155. The number of benzene rings is 2. The summed E-state index contributed by atoms with van der Waals surface area (Å²) >= 11 is 0. The minimum absolute atomic E-state index is 0.0344. The second-order valence-corrected chi connectivity index (χ2v) is 7.82. The molecule has 0 bridgehead atoms. The monoisotopic (exact) mass is 397 g/mol. The highest BCUT2D eigenvalue weighted by Crippen LogP contribution is 2.24. The maximum absolute atomic E-state index is 12.2. The lowest BCUT2D eigenvalue weighted by Crippen LogP contribution is -2.31. The first-order chi connectivity index (χ1) is 13.6. The number of hydrogen-bond donors (Lipinski definition) is 1. The molecule has 2 rings (SSSR count). The highest BCUT2D eigenvalue weighted by molar-refractivity contribution is 5.97. The number of amides is 1. The largest absolute Gasteiger partial charge is 0.482 e. The molecule has 0 spiro atoms. The zero-order valence-corrected chi connectivity index (χ0v) is 17.4. The third-order valence-electron chi connectivity index (χ3n) is 4.31. The highest BCUT2D eigenvalue weighted by Gasteiger charge is 2.19. The van der Waals surface area contributed by atoms with Gasteiger partial charge in [0.1, 0.15) is 5.75 Å². The number of rotatable bonds is 7. The molecule has 6 nitrogen and oxygen atoms in total. The SMILES string of the molecule is CC(=O)c1ccc(NC(=O)[C@@H](C)OC(=O)COc2ccc(C(C)(C)C)cc2)cc1. The van der Waals surface area contributed by atoms with Crippen molar-refractivity contribution in [1.82, 2.24) is 0 Å². The predicted octanol–water partition coefficient (Wildman–Crippen LogP) is 4.14. The van der Waals surface area contributed by atoms with Crippen LogP contribution in [0.1, 0.15) is 50.5 Å². The lowest BCUT2D eigenvalue weighted by atomic mass is 9.87. The Morgan fingerprint density at radius 2 is 1.55 bits per heavy atom. The zero-order valence-electron chi connectivity index (χ0n) is 17.4. The van der Waals surface area contributed by atoms with Gasteiger partial charge in [-0.05, 0) is 61.2 Å². The number of nitrogens with one attached hydrogen (secondary N) is 1. The first-order valence-electron chi connectivity index (χ1n) is 9.41. The molecule has 0 fully saturated rings. The van der Waals surface area contributed by atoms with Crippen LogP contribution in [0.15, 0.2) is 48.5 Å². The first kappa shape index (κ1) is 22.1. The zero-order chi connectivity index (χ0) is 21.6. The summed E-state index contributed by atoms with van der Waals surface area (Å²) < 4.78 is 10.5. The fraction of sp³-hybridized carbons (Fsp3) is 0.348. The van der Waals surface area contributed by atoms with E-state index in [-0.39, 0.29) is 17.8 Å². The molecule has 0 unspecified atom stereocenters. The van der Waals surface area contributed by atoms with E-state index in [9.17, 15) is 14.4 Å². The van der Waals surface area contributed by atoms with Crippen molar-refractivity contribution in [2.75, 3.05) is 11.9 Å². The van der Waals surface area contributed by atoms with Gasteiger partial charge in [0.2, 0.25) is 0 Å². The molecule has 1 atom stereocenters. The summed E-state index contributed by atoms with van der Waals surface area (Å²) in [6.45, 7) is 9.00. The fourth-order valence-electron chi connectivity index (χ4n) is 2.51. The lowest BCUT2D eigenvalue weighted by Gasteiger charge is -2.19. The molecule has 6 heteroatoms. The standard InChI is InChI=1S/C23H27NO5/c1-15(25)17-6-10-19(11-7-17)24-22(27)16(2)29-21(26)14-28-20-12-8-18(9-13-20)23(3,4)5/h6-13,16H,14H2,1-5H3,(H,24,27)/t16-/m1/s1. The van der Waals surface area contributed by atoms with E-state index >= 15 is 0 Å². The van der Waals surface area contributed by atoms with E-state index in [1.165, 1.54) is 13.8 Å². The Balaban J connectivity index is 1.81. The van der Waals surface area contributed by atoms with Crippen molar-refractivity contribution >= 4 is 23.3 Å². The Hall–Kier alpha value is -3.15. The Bertz CT molecular complexity index is 864. The van der Waals surface area contributed by atoms with Crippen LogP contribution in [0.2, 0.25) is 0 Å².